The van der Waals surface area contributed by atoms with Crippen molar-refractivity contribution in [2.75, 3.05) is 12.4 Å². The SMILES string of the molecule is COc1cccc(C(=O)Nc2cccc(-c3cn4cc(Cl)ccc4n3)c2)c1. The highest BCUT2D eigenvalue weighted by atomic mass is 35.5. The molecule has 0 aliphatic carbocycles. The van der Waals surface area contributed by atoms with Crippen molar-refractivity contribution >= 4 is 28.8 Å². The lowest BCUT2D eigenvalue weighted by atomic mass is 10.1. The van der Waals surface area contributed by atoms with E-state index in [0.29, 0.717) is 22.0 Å². The predicted molar refractivity (Wildman–Crippen MR) is 107 cm³/mol. The van der Waals surface area contributed by atoms with Crippen LogP contribution in [0.5, 0.6) is 5.75 Å². The molecule has 2 aromatic carbocycles. The summed E-state index contributed by atoms with van der Waals surface area (Å²) in [5, 5.41) is 3.56. The molecule has 5 nitrogen and oxygen atoms in total. The van der Waals surface area contributed by atoms with Gasteiger partial charge in [-0.05, 0) is 42.5 Å². The topological polar surface area (TPSA) is 55.6 Å². The molecule has 0 spiro atoms. The summed E-state index contributed by atoms with van der Waals surface area (Å²) in [7, 11) is 1.57. The number of fused-ring (bicyclic) bond motifs is 1. The molecule has 0 fully saturated rings. The maximum atomic E-state index is 12.5. The van der Waals surface area contributed by atoms with Gasteiger partial charge in [-0.1, -0.05) is 29.8 Å². The second-order valence-corrected chi connectivity index (χ2v) is 6.44. The Labute approximate surface area is 161 Å². The van der Waals surface area contributed by atoms with Crippen LogP contribution in [0, 0.1) is 0 Å². The number of aromatic nitrogens is 2. The Balaban J connectivity index is 1.60. The minimum Gasteiger partial charge on any atom is -0.497 e. The fraction of sp³-hybridized carbons (Fsp3) is 0.0476. The first kappa shape index (κ1) is 17.1. The van der Waals surface area contributed by atoms with E-state index in [9.17, 15) is 4.79 Å². The molecule has 1 N–H and O–H groups in total. The Bertz CT molecular complexity index is 1140. The molecule has 0 aliphatic heterocycles. The summed E-state index contributed by atoms with van der Waals surface area (Å²) in [6.07, 6.45) is 3.71. The average Bonchev–Trinajstić information content (AvgIpc) is 3.11. The smallest absolute Gasteiger partial charge is 0.255 e. The Kier molecular flexibility index (Phi) is 4.52. The fourth-order valence-electron chi connectivity index (χ4n) is 2.83. The maximum Gasteiger partial charge on any atom is 0.255 e. The van der Waals surface area contributed by atoms with E-state index in [4.69, 9.17) is 16.3 Å². The van der Waals surface area contributed by atoms with Gasteiger partial charge in [0, 0.05) is 29.2 Å². The zero-order chi connectivity index (χ0) is 18.8. The summed E-state index contributed by atoms with van der Waals surface area (Å²) in [4.78, 5) is 17.1. The van der Waals surface area contributed by atoms with Crippen molar-refractivity contribution < 1.29 is 9.53 Å². The summed E-state index contributed by atoms with van der Waals surface area (Å²) in [6.45, 7) is 0. The minimum atomic E-state index is -0.201. The molecule has 0 bridgehead atoms. The lowest BCUT2D eigenvalue weighted by Crippen LogP contribution is -2.11. The van der Waals surface area contributed by atoms with E-state index < -0.39 is 0 Å². The highest BCUT2D eigenvalue weighted by molar-refractivity contribution is 6.30. The molecule has 4 rings (SSSR count). The van der Waals surface area contributed by atoms with Gasteiger partial charge in [-0.15, -0.1) is 0 Å². The number of nitrogens with zero attached hydrogens (tertiary/aromatic N) is 2. The number of carbonyl (C=O) groups excluding carboxylic acids is 1. The van der Waals surface area contributed by atoms with Crippen LogP contribution in [0.2, 0.25) is 5.02 Å². The molecular formula is C21H16ClN3O2. The number of anilines is 1. The van der Waals surface area contributed by atoms with Crippen LogP contribution in [-0.2, 0) is 0 Å². The minimum absolute atomic E-state index is 0.201. The van der Waals surface area contributed by atoms with Crippen LogP contribution >= 0.6 is 11.6 Å². The molecule has 6 heteroatoms. The number of pyridine rings is 1. The molecule has 1 amide bonds. The standard InChI is InChI=1S/C21H16ClN3O2/c1-27-18-7-3-5-15(11-18)21(26)23-17-6-2-4-14(10-17)19-13-25-12-16(22)8-9-20(25)24-19/h2-13H,1H3,(H,23,26). The first-order valence-electron chi connectivity index (χ1n) is 8.32. The zero-order valence-corrected chi connectivity index (χ0v) is 15.3. The van der Waals surface area contributed by atoms with Crippen molar-refractivity contribution in [3.8, 4) is 17.0 Å². The van der Waals surface area contributed by atoms with E-state index in [0.717, 1.165) is 16.9 Å². The Morgan fingerprint density at radius 3 is 2.78 bits per heavy atom. The summed E-state index contributed by atoms with van der Waals surface area (Å²) in [6, 6.07) is 18.3. The van der Waals surface area contributed by atoms with E-state index in [2.05, 4.69) is 10.3 Å². The lowest BCUT2D eigenvalue weighted by Gasteiger charge is -2.08. The Hall–Kier alpha value is -3.31. The van der Waals surface area contributed by atoms with Crippen LogP contribution in [0.4, 0.5) is 5.69 Å². The van der Waals surface area contributed by atoms with Gasteiger partial charge < -0.3 is 14.5 Å². The molecule has 0 atom stereocenters. The van der Waals surface area contributed by atoms with Crippen LogP contribution in [-0.4, -0.2) is 22.4 Å². The fourth-order valence-corrected chi connectivity index (χ4v) is 3.00. The van der Waals surface area contributed by atoms with E-state index in [1.807, 2.05) is 47.1 Å². The van der Waals surface area contributed by atoms with Crippen molar-refractivity contribution in [3.63, 3.8) is 0 Å². The maximum absolute atomic E-state index is 12.5. The quantitative estimate of drug-likeness (QED) is 0.549. The first-order chi connectivity index (χ1) is 13.1. The number of methoxy groups -OCH3 is 1. The van der Waals surface area contributed by atoms with Crippen molar-refractivity contribution in [1.29, 1.82) is 0 Å². The van der Waals surface area contributed by atoms with E-state index in [1.54, 1.807) is 37.4 Å². The number of amides is 1. The molecule has 0 saturated heterocycles. The molecule has 0 saturated carbocycles. The number of ether oxygens (including phenoxy) is 1. The number of benzene rings is 2. The first-order valence-corrected chi connectivity index (χ1v) is 8.70. The van der Waals surface area contributed by atoms with Gasteiger partial charge in [-0.25, -0.2) is 4.98 Å². The number of imidazole rings is 1. The molecular weight excluding hydrogens is 362 g/mol. The van der Waals surface area contributed by atoms with Crippen LogP contribution in [0.3, 0.4) is 0 Å². The molecule has 2 aromatic heterocycles. The van der Waals surface area contributed by atoms with Crippen LogP contribution < -0.4 is 10.1 Å². The number of halogens is 1. The van der Waals surface area contributed by atoms with Crippen molar-refractivity contribution in [1.82, 2.24) is 9.38 Å². The second-order valence-electron chi connectivity index (χ2n) is 6.01. The average molecular weight is 378 g/mol. The summed E-state index contributed by atoms with van der Waals surface area (Å²) >= 11 is 6.03. The van der Waals surface area contributed by atoms with Gasteiger partial charge in [0.2, 0.25) is 0 Å². The van der Waals surface area contributed by atoms with Gasteiger partial charge in [0.15, 0.2) is 0 Å². The molecule has 27 heavy (non-hydrogen) atoms. The highest BCUT2D eigenvalue weighted by Gasteiger charge is 2.09. The number of carbonyl (C=O) groups is 1. The molecule has 0 radical (unpaired) electrons. The normalized spacial score (nSPS) is 10.7. The largest absolute Gasteiger partial charge is 0.497 e. The number of nitrogens with one attached hydrogen (secondary N) is 1. The van der Waals surface area contributed by atoms with E-state index in [-0.39, 0.29) is 5.91 Å². The van der Waals surface area contributed by atoms with Crippen LogP contribution in [0.15, 0.2) is 73.1 Å². The van der Waals surface area contributed by atoms with Gasteiger partial charge in [0.1, 0.15) is 11.4 Å². The lowest BCUT2D eigenvalue weighted by molar-refractivity contribution is 0.102. The zero-order valence-electron chi connectivity index (χ0n) is 14.5. The third-order valence-corrected chi connectivity index (χ3v) is 4.39. The van der Waals surface area contributed by atoms with Crippen molar-refractivity contribution in [2.24, 2.45) is 0 Å². The summed E-state index contributed by atoms with van der Waals surface area (Å²) < 4.78 is 7.04. The molecule has 4 aromatic rings. The van der Waals surface area contributed by atoms with Crippen LogP contribution in [0.1, 0.15) is 10.4 Å². The van der Waals surface area contributed by atoms with Gasteiger partial charge in [-0.2, -0.15) is 0 Å². The monoisotopic (exact) mass is 377 g/mol. The highest BCUT2D eigenvalue weighted by Crippen LogP contribution is 2.24. The van der Waals surface area contributed by atoms with E-state index >= 15 is 0 Å². The van der Waals surface area contributed by atoms with Gasteiger partial charge in [-0.3, -0.25) is 4.79 Å². The van der Waals surface area contributed by atoms with Gasteiger partial charge >= 0.3 is 0 Å². The summed E-state index contributed by atoms with van der Waals surface area (Å²) in [5.41, 5.74) is 3.73. The van der Waals surface area contributed by atoms with Crippen LogP contribution in [0.25, 0.3) is 16.9 Å². The van der Waals surface area contributed by atoms with Gasteiger partial charge in [0.05, 0.1) is 17.8 Å². The predicted octanol–water partition coefficient (Wildman–Crippen LogP) is 4.92. The number of hydrogen-bond donors (Lipinski definition) is 1. The molecule has 0 aliphatic rings. The second kappa shape index (κ2) is 7.13. The molecule has 134 valence electrons. The third kappa shape index (κ3) is 3.64. The Morgan fingerprint density at radius 2 is 1.93 bits per heavy atom. The number of rotatable bonds is 4. The van der Waals surface area contributed by atoms with E-state index in [1.165, 1.54) is 0 Å². The Morgan fingerprint density at radius 1 is 1.07 bits per heavy atom. The third-order valence-electron chi connectivity index (χ3n) is 4.16. The molecule has 0 unspecified atom stereocenters. The molecule has 2 heterocycles. The van der Waals surface area contributed by atoms with Gasteiger partial charge in [0.25, 0.3) is 5.91 Å². The number of hydrogen-bond acceptors (Lipinski definition) is 3. The van der Waals surface area contributed by atoms with Crippen molar-refractivity contribution in [2.45, 2.75) is 0 Å². The summed E-state index contributed by atoms with van der Waals surface area (Å²) in [5.74, 6) is 0.438. The van der Waals surface area contributed by atoms with Crippen molar-refractivity contribution in [3.05, 3.63) is 83.6 Å².